The van der Waals surface area contributed by atoms with E-state index >= 15 is 0 Å². The zero-order chi connectivity index (χ0) is 43.7. The normalized spacial score (nSPS) is 14.0. The Morgan fingerprint density at radius 1 is 0.619 bits per heavy atom. The third-order valence-electron chi connectivity index (χ3n) is 10.2. The molecule has 0 saturated carbocycles. The fourth-order valence-corrected chi connectivity index (χ4v) is 8.40. The van der Waals surface area contributed by atoms with E-state index in [4.69, 9.17) is 9.47 Å². The maximum Gasteiger partial charge on any atom is 0.410 e. The van der Waals surface area contributed by atoms with Gasteiger partial charge in [-0.2, -0.15) is 10.2 Å². The smallest absolute Gasteiger partial charge is 0.410 e. The lowest BCUT2D eigenvalue weighted by Crippen LogP contribution is -2.52. The Bertz CT molecular complexity index is 2700. The molecule has 21 heteroatoms. The number of halogens is 2. The monoisotopic (exact) mass is 998 g/mol. The number of rotatable bonds is 9. The summed E-state index contributed by atoms with van der Waals surface area (Å²) < 4.78 is 15.6. The Morgan fingerprint density at radius 2 is 1.14 bits per heavy atom. The van der Waals surface area contributed by atoms with Gasteiger partial charge >= 0.3 is 12.2 Å². The molecule has 0 aliphatic carbocycles. The Kier molecular flexibility index (Phi) is 13.8. The summed E-state index contributed by atoms with van der Waals surface area (Å²) in [6.07, 6.45) is 11.2. The first-order valence-corrected chi connectivity index (χ1v) is 22.2. The molecular formula is C42H40Br2N12O6S. The number of nitrogens with one attached hydrogen (secondary N) is 1. The number of benzene rings is 2. The van der Waals surface area contributed by atoms with Crippen molar-refractivity contribution in [1.29, 1.82) is 0 Å². The number of amides is 4. The fourth-order valence-electron chi connectivity index (χ4n) is 6.70. The van der Waals surface area contributed by atoms with Gasteiger partial charge in [-0.15, -0.1) is 0 Å². The van der Waals surface area contributed by atoms with Gasteiger partial charge in [-0.3, -0.25) is 9.59 Å². The Morgan fingerprint density at radius 3 is 1.73 bits per heavy atom. The molecular weight excluding hydrogens is 960 g/mol. The maximum absolute atomic E-state index is 12.5. The summed E-state index contributed by atoms with van der Waals surface area (Å²) in [5.74, 6) is -0.631. The van der Waals surface area contributed by atoms with Crippen LogP contribution in [0.5, 0.6) is 0 Å². The third-order valence-corrected chi connectivity index (χ3v) is 12.4. The molecule has 324 valence electrons. The summed E-state index contributed by atoms with van der Waals surface area (Å²) in [6.45, 7) is 4.60. The lowest BCUT2D eigenvalue weighted by Gasteiger charge is -2.34. The van der Waals surface area contributed by atoms with Crippen molar-refractivity contribution in [3.05, 3.63) is 130 Å². The van der Waals surface area contributed by atoms with Gasteiger partial charge in [0.25, 0.3) is 5.91 Å². The number of piperazine rings is 2. The van der Waals surface area contributed by atoms with Crippen LogP contribution in [0.1, 0.15) is 21.5 Å². The highest BCUT2D eigenvalue weighted by Gasteiger charge is 2.26. The molecule has 1 N–H and O–H groups in total. The molecule has 0 atom stereocenters. The summed E-state index contributed by atoms with van der Waals surface area (Å²) in [5, 5.41) is 13.0. The third kappa shape index (κ3) is 10.8. The van der Waals surface area contributed by atoms with Gasteiger partial charge in [0, 0.05) is 82.7 Å². The van der Waals surface area contributed by atoms with E-state index in [-0.39, 0.29) is 25.2 Å². The molecule has 4 amide bonds. The minimum absolute atomic E-state index is 0.141. The van der Waals surface area contributed by atoms with Gasteiger partial charge in [0.1, 0.15) is 23.2 Å². The molecule has 2 aromatic carbocycles. The van der Waals surface area contributed by atoms with Crippen molar-refractivity contribution in [2.75, 3.05) is 63.8 Å². The van der Waals surface area contributed by atoms with Gasteiger partial charge in [0.05, 0.1) is 39.6 Å². The summed E-state index contributed by atoms with van der Waals surface area (Å²) in [5.41, 5.74) is 4.49. The van der Waals surface area contributed by atoms with Crippen LogP contribution < -0.4 is 10.2 Å². The number of thiazole rings is 1. The average molecular weight is 1000 g/mol. The first-order valence-electron chi connectivity index (χ1n) is 19.8. The van der Waals surface area contributed by atoms with Crippen LogP contribution >= 0.6 is 43.2 Å². The number of aromatic nitrogens is 7. The lowest BCUT2D eigenvalue weighted by molar-refractivity contribution is -0.131. The van der Waals surface area contributed by atoms with Crippen LogP contribution in [0.2, 0.25) is 0 Å². The Labute approximate surface area is 381 Å². The van der Waals surface area contributed by atoms with Crippen LogP contribution in [0.15, 0.2) is 113 Å². The highest BCUT2D eigenvalue weighted by Crippen LogP contribution is 2.32. The van der Waals surface area contributed by atoms with E-state index in [9.17, 15) is 19.2 Å². The molecule has 9 rings (SSSR count). The van der Waals surface area contributed by atoms with Crippen LogP contribution in [0, 0.1) is 0 Å². The first-order chi connectivity index (χ1) is 30.7. The number of hydrogen-bond acceptors (Lipinski definition) is 13. The number of carbonyl (C=O) groups excluding carboxylic acids is 4. The fraction of sp³-hybridized carbons (Fsp3) is 0.262. The van der Waals surface area contributed by atoms with Crippen molar-refractivity contribution in [2.45, 2.75) is 13.2 Å². The largest absolute Gasteiger partial charge is 0.445 e. The van der Waals surface area contributed by atoms with Gasteiger partial charge in [-0.1, -0.05) is 72.0 Å². The second-order valence-electron chi connectivity index (χ2n) is 14.3. The molecule has 7 aromatic rings. The van der Waals surface area contributed by atoms with E-state index in [2.05, 4.69) is 67.2 Å². The van der Waals surface area contributed by atoms with Crippen molar-refractivity contribution < 1.29 is 28.7 Å². The van der Waals surface area contributed by atoms with Crippen LogP contribution in [-0.4, -0.2) is 132 Å². The molecule has 63 heavy (non-hydrogen) atoms. The SMILES string of the molecule is O=C(NCC(=O)N1CCN(C(=O)OCc2ccccc2)CC1)c1cnc2c(Br)cnn2c1.O=C(OCc1ccccc1)N1CCN(c2cnc(-c3cnc4c(Br)cnn4c3)s2)CC1. The van der Waals surface area contributed by atoms with Crippen molar-refractivity contribution in [2.24, 2.45) is 0 Å². The van der Waals surface area contributed by atoms with Crippen LogP contribution in [0.4, 0.5) is 14.6 Å². The zero-order valence-electron chi connectivity index (χ0n) is 33.6. The minimum atomic E-state index is -0.414. The van der Waals surface area contributed by atoms with Gasteiger partial charge in [0.2, 0.25) is 5.91 Å². The summed E-state index contributed by atoms with van der Waals surface area (Å²) in [4.78, 5) is 69.9. The zero-order valence-corrected chi connectivity index (χ0v) is 37.6. The van der Waals surface area contributed by atoms with Gasteiger partial charge in [0.15, 0.2) is 11.3 Å². The Hall–Kier alpha value is -6.45. The first kappa shape index (κ1) is 43.2. The number of fused-ring (bicyclic) bond motifs is 2. The average Bonchev–Trinajstić information content (AvgIpc) is 4.08. The molecule has 18 nitrogen and oxygen atoms in total. The van der Waals surface area contributed by atoms with Gasteiger partial charge < -0.3 is 34.4 Å². The van der Waals surface area contributed by atoms with Crippen molar-refractivity contribution in [3.8, 4) is 10.6 Å². The summed E-state index contributed by atoms with van der Waals surface area (Å²) in [6, 6.07) is 19.2. The summed E-state index contributed by atoms with van der Waals surface area (Å²) in [7, 11) is 0. The van der Waals surface area contributed by atoms with E-state index < -0.39 is 12.0 Å². The molecule has 2 saturated heterocycles. The van der Waals surface area contributed by atoms with Crippen LogP contribution in [-0.2, 0) is 27.5 Å². The Balaban J connectivity index is 0.000000173. The molecule has 0 radical (unpaired) electrons. The molecule has 7 heterocycles. The van der Waals surface area contributed by atoms with E-state index in [0.29, 0.717) is 57.1 Å². The molecule has 5 aromatic heterocycles. The van der Waals surface area contributed by atoms with E-state index in [0.717, 1.165) is 54.4 Å². The van der Waals surface area contributed by atoms with Crippen molar-refractivity contribution in [1.82, 2.24) is 54.2 Å². The van der Waals surface area contributed by atoms with Crippen molar-refractivity contribution >= 4 is 83.5 Å². The number of carbonyl (C=O) groups is 4. The van der Waals surface area contributed by atoms with Crippen molar-refractivity contribution in [3.63, 3.8) is 0 Å². The van der Waals surface area contributed by atoms with Crippen LogP contribution in [0.25, 0.3) is 21.9 Å². The van der Waals surface area contributed by atoms with E-state index in [1.165, 1.54) is 10.7 Å². The standard InChI is InChI=1S/C21H21BrN6O4.C21H19BrN6O2S/c22-17-11-25-28-13-16(10-23-19(17)28)20(30)24-12-18(29)26-6-8-27(9-7-26)21(31)32-14-15-4-2-1-3-5-15;22-17-11-25-28-13-16(10-23-19(17)28)20-24-12-18(31-20)26-6-8-27(9-7-26)21(29)30-14-15-4-2-1-3-5-15/h1-5,10-11,13H,6-9,12,14H2,(H,24,30);1-5,10-13H,6-9,14H2. The predicted molar refractivity (Wildman–Crippen MR) is 240 cm³/mol. The predicted octanol–water partition coefficient (Wildman–Crippen LogP) is 5.78. The lowest BCUT2D eigenvalue weighted by atomic mass is 10.2. The summed E-state index contributed by atoms with van der Waals surface area (Å²) >= 11 is 8.38. The van der Waals surface area contributed by atoms with E-state index in [1.54, 1.807) is 49.1 Å². The quantitative estimate of drug-likeness (QED) is 0.184. The second kappa shape index (κ2) is 20.2. The number of anilines is 1. The molecule has 0 bridgehead atoms. The van der Waals surface area contributed by atoms with Crippen LogP contribution in [0.3, 0.4) is 0 Å². The number of ether oxygens (including phenoxy) is 2. The van der Waals surface area contributed by atoms with E-state index in [1.807, 2.05) is 79.3 Å². The molecule has 2 fully saturated rings. The van der Waals surface area contributed by atoms with Gasteiger partial charge in [-0.25, -0.2) is 33.6 Å². The molecule has 0 spiro atoms. The highest BCUT2D eigenvalue weighted by atomic mass is 79.9. The number of hydrogen-bond donors (Lipinski definition) is 1. The number of nitrogens with zero attached hydrogens (tertiary/aromatic N) is 11. The minimum Gasteiger partial charge on any atom is -0.445 e. The molecule has 2 aliphatic heterocycles. The molecule has 2 aliphatic rings. The molecule has 0 unspecified atom stereocenters. The second-order valence-corrected chi connectivity index (χ2v) is 17.0. The highest BCUT2D eigenvalue weighted by molar-refractivity contribution is 9.11. The van der Waals surface area contributed by atoms with Gasteiger partial charge in [-0.05, 0) is 43.0 Å². The topological polar surface area (TPSA) is 185 Å². The maximum atomic E-state index is 12.5.